The Morgan fingerprint density at radius 1 is 1.08 bits per heavy atom. The van der Waals surface area contributed by atoms with E-state index in [0.29, 0.717) is 5.56 Å². The van der Waals surface area contributed by atoms with E-state index < -0.39 is 0 Å². The minimum absolute atomic E-state index is 0.128. The molecule has 4 rings (SSSR count). The van der Waals surface area contributed by atoms with Crippen LogP contribution in [0, 0.1) is 0 Å². The van der Waals surface area contributed by atoms with Gasteiger partial charge in [-0.15, -0.1) is 0 Å². The van der Waals surface area contributed by atoms with E-state index in [-0.39, 0.29) is 5.91 Å². The van der Waals surface area contributed by atoms with Crippen molar-refractivity contribution in [2.45, 2.75) is 13.8 Å². The van der Waals surface area contributed by atoms with E-state index in [2.05, 4.69) is 15.5 Å². The Kier molecular flexibility index (Phi) is 5.17. The number of carbonyl (C=O) groups is 1. The lowest BCUT2D eigenvalue weighted by atomic mass is 10.0. The number of nitrogens with zero attached hydrogens (tertiary/aromatic N) is 2. The zero-order valence-corrected chi connectivity index (χ0v) is 15.2. The molecule has 4 aromatic rings. The van der Waals surface area contributed by atoms with Crippen LogP contribution in [0.1, 0.15) is 24.2 Å². The summed E-state index contributed by atoms with van der Waals surface area (Å²) >= 11 is 0. The first-order valence-electron chi connectivity index (χ1n) is 8.66. The van der Waals surface area contributed by atoms with Crippen molar-refractivity contribution < 1.29 is 4.79 Å². The number of carbonyl (C=O) groups excluding carboxylic acids is 1. The molecule has 0 fully saturated rings. The fourth-order valence-electron chi connectivity index (χ4n) is 2.83. The maximum Gasteiger partial charge on any atom is 0.257 e. The van der Waals surface area contributed by atoms with Crippen LogP contribution in [-0.2, 0) is 7.05 Å². The number of benzene rings is 2. The minimum Gasteiger partial charge on any atom is -0.356 e. The first-order chi connectivity index (χ1) is 12.7. The summed E-state index contributed by atoms with van der Waals surface area (Å²) < 4.78 is 1.90. The maximum absolute atomic E-state index is 12.7. The van der Waals surface area contributed by atoms with Gasteiger partial charge in [-0.1, -0.05) is 44.2 Å². The van der Waals surface area contributed by atoms with Crippen LogP contribution in [-0.4, -0.2) is 20.7 Å². The van der Waals surface area contributed by atoms with Crippen molar-refractivity contribution in [3.05, 3.63) is 72.7 Å². The Labute approximate surface area is 152 Å². The Hall–Kier alpha value is -3.34. The molecular weight excluding hydrogens is 324 g/mol. The first-order valence-corrected chi connectivity index (χ1v) is 8.66. The van der Waals surface area contributed by atoms with E-state index in [9.17, 15) is 4.79 Å². The summed E-state index contributed by atoms with van der Waals surface area (Å²) in [6, 6.07) is 15.6. The third-order valence-corrected chi connectivity index (χ3v) is 3.98. The smallest absolute Gasteiger partial charge is 0.257 e. The Bertz CT molecular complexity index is 1010. The number of fused-ring (bicyclic) bond motifs is 1. The third kappa shape index (κ3) is 3.52. The molecule has 0 bridgehead atoms. The van der Waals surface area contributed by atoms with E-state index in [0.717, 1.165) is 27.7 Å². The lowest BCUT2D eigenvalue weighted by Crippen LogP contribution is -2.12. The van der Waals surface area contributed by atoms with E-state index >= 15 is 0 Å². The summed E-state index contributed by atoms with van der Waals surface area (Å²) in [4.78, 5) is 12.7. The number of hydrogen-bond donors (Lipinski definition) is 2. The highest BCUT2D eigenvalue weighted by molar-refractivity contribution is 6.09. The van der Waals surface area contributed by atoms with Gasteiger partial charge in [0.1, 0.15) is 0 Å². The predicted octanol–water partition coefficient (Wildman–Crippen LogP) is 4.85. The van der Waals surface area contributed by atoms with Gasteiger partial charge in [-0.05, 0) is 23.8 Å². The molecule has 2 aromatic heterocycles. The van der Waals surface area contributed by atoms with Crippen molar-refractivity contribution >= 4 is 22.5 Å². The van der Waals surface area contributed by atoms with Crippen molar-refractivity contribution in [2.24, 2.45) is 7.05 Å². The zero-order valence-electron chi connectivity index (χ0n) is 15.2. The molecule has 0 saturated heterocycles. The predicted molar refractivity (Wildman–Crippen MR) is 106 cm³/mol. The van der Waals surface area contributed by atoms with Crippen LogP contribution in [0.15, 0.2) is 67.1 Å². The number of anilines is 1. The summed E-state index contributed by atoms with van der Waals surface area (Å²) in [6.45, 7) is 4.00. The maximum atomic E-state index is 12.7. The summed E-state index contributed by atoms with van der Waals surface area (Å²) in [6.07, 6.45) is 5.54. The van der Waals surface area contributed by atoms with Gasteiger partial charge in [0, 0.05) is 36.1 Å². The number of aromatic amines is 1. The number of H-pyrrole nitrogens is 1. The van der Waals surface area contributed by atoms with E-state index in [4.69, 9.17) is 0 Å². The molecule has 0 saturated carbocycles. The highest BCUT2D eigenvalue weighted by Gasteiger charge is 2.15. The summed E-state index contributed by atoms with van der Waals surface area (Å²) in [5.41, 5.74) is 4.28. The molecule has 0 aliphatic heterocycles. The Morgan fingerprint density at radius 2 is 1.85 bits per heavy atom. The molecule has 2 N–H and O–H groups in total. The highest BCUT2D eigenvalue weighted by atomic mass is 16.1. The van der Waals surface area contributed by atoms with Gasteiger partial charge >= 0.3 is 0 Å². The molecule has 0 aliphatic carbocycles. The molecule has 5 nitrogen and oxygen atoms in total. The molecule has 5 heteroatoms. The molecule has 2 heterocycles. The molecule has 132 valence electrons. The van der Waals surface area contributed by atoms with Gasteiger partial charge in [-0.2, -0.15) is 5.10 Å². The van der Waals surface area contributed by atoms with Crippen LogP contribution in [0.3, 0.4) is 0 Å². The normalized spacial score (nSPS) is 10.3. The average molecular weight is 346 g/mol. The summed E-state index contributed by atoms with van der Waals surface area (Å²) in [5.74, 6) is -0.128. The summed E-state index contributed by atoms with van der Waals surface area (Å²) in [7, 11) is 1.92. The number of amides is 1. The van der Waals surface area contributed by atoms with Crippen molar-refractivity contribution in [3.8, 4) is 11.1 Å². The third-order valence-electron chi connectivity index (χ3n) is 3.98. The molecule has 0 spiro atoms. The molecule has 0 aliphatic rings. The number of hydrogen-bond acceptors (Lipinski definition) is 2. The molecule has 0 atom stereocenters. The fraction of sp³-hybridized carbons (Fsp3) is 0.143. The van der Waals surface area contributed by atoms with Crippen LogP contribution < -0.4 is 5.32 Å². The minimum atomic E-state index is -0.128. The van der Waals surface area contributed by atoms with Crippen LogP contribution in [0.25, 0.3) is 22.0 Å². The topological polar surface area (TPSA) is 62.7 Å². The second kappa shape index (κ2) is 7.70. The fourth-order valence-corrected chi connectivity index (χ4v) is 2.83. The number of aromatic nitrogens is 3. The van der Waals surface area contributed by atoms with Crippen molar-refractivity contribution in [1.29, 1.82) is 0 Å². The average Bonchev–Trinajstić information content (AvgIpc) is 3.30. The van der Waals surface area contributed by atoms with E-state index in [1.54, 1.807) is 6.20 Å². The van der Waals surface area contributed by atoms with Gasteiger partial charge in [0.2, 0.25) is 0 Å². The molecule has 1 amide bonds. The second-order valence-corrected chi connectivity index (χ2v) is 5.74. The van der Waals surface area contributed by atoms with Gasteiger partial charge in [0.15, 0.2) is 0 Å². The molecular formula is C21H22N4O. The highest BCUT2D eigenvalue weighted by Crippen LogP contribution is 2.25. The monoisotopic (exact) mass is 346 g/mol. The zero-order chi connectivity index (χ0) is 18.5. The van der Waals surface area contributed by atoms with Gasteiger partial charge < -0.3 is 9.88 Å². The van der Waals surface area contributed by atoms with E-state index in [1.807, 2.05) is 86.4 Å². The van der Waals surface area contributed by atoms with Crippen molar-refractivity contribution in [1.82, 2.24) is 14.8 Å². The second-order valence-electron chi connectivity index (χ2n) is 5.74. The van der Waals surface area contributed by atoms with Crippen LogP contribution >= 0.6 is 0 Å². The quantitative estimate of drug-likeness (QED) is 0.557. The van der Waals surface area contributed by atoms with Crippen molar-refractivity contribution in [2.75, 3.05) is 5.32 Å². The largest absolute Gasteiger partial charge is 0.356 e. The SMILES string of the molecule is CC.Cn1cc(C(=O)Nc2ccc3[nH]ncc3c2)c(-c2ccccc2)c1. The molecule has 0 radical (unpaired) electrons. The lowest BCUT2D eigenvalue weighted by molar-refractivity contribution is 0.102. The first kappa shape index (κ1) is 17.5. The molecule has 26 heavy (non-hydrogen) atoms. The lowest BCUT2D eigenvalue weighted by Gasteiger charge is -2.06. The Balaban J connectivity index is 0.000000948. The van der Waals surface area contributed by atoms with Gasteiger partial charge in [-0.3, -0.25) is 9.89 Å². The summed E-state index contributed by atoms with van der Waals surface area (Å²) in [5, 5.41) is 10.8. The van der Waals surface area contributed by atoms with E-state index in [1.165, 1.54) is 0 Å². The number of rotatable bonds is 3. The van der Waals surface area contributed by atoms with Crippen LogP contribution in [0.2, 0.25) is 0 Å². The van der Waals surface area contributed by atoms with Gasteiger partial charge in [0.25, 0.3) is 5.91 Å². The number of aryl methyl sites for hydroxylation is 1. The van der Waals surface area contributed by atoms with Gasteiger partial charge in [-0.25, -0.2) is 0 Å². The van der Waals surface area contributed by atoms with Crippen LogP contribution in [0.4, 0.5) is 5.69 Å². The standard InChI is InChI=1S/C19H16N4O.C2H6/c1-23-11-16(13-5-3-2-4-6-13)17(12-23)19(24)21-15-7-8-18-14(9-15)10-20-22-18;1-2/h2-12H,1H3,(H,20,22)(H,21,24);1-2H3. The van der Waals surface area contributed by atoms with Gasteiger partial charge in [0.05, 0.1) is 17.3 Å². The molecule has 0 unspecified atom stereocenters. The van der Waals surface area contributed by atoms with Crippen molar-refractivity contribution in [3.63, 3.8) is 0 Å². The number of nitrogens with one attached hydrogen (secondary N) is 2. The molecule has 2 aromatic carbocycles. The Morgan fingerprint density at radius 3 is 2.62 bits per heavy atom. The van der Waals surface area contributed by atoms with Crippen LogP contribution in [0.5, 0.6) is 0 Å².